The number of amides is 1. The second-order valence-corrected chi connectivity index (χ2v) is 8.49. The Kier molecular flexibility index (Phi) is 9.43. The Morgan fingerprint density at radius 1 is 1.45 bits per heavy atom. The molecule has 1 aliphatic rings. The summed E-state index contributed by atoms with van der Waals surface area (Å²) in [5.74, 6) is 6.03. The molecular formula is C23H31NO4S. The molecule has 1 fully saturated rings. The zero-order valence-electron chi connectivity index (χ0n) is 17.5. The molecule has 0 spiro atoms. The third kappa shape index (κ3) is 7.02. The second kappa shape index (κ2) is 11.8. The van der Waals surface area contributed by atoms with E-state index in [4.69, 9.17) is 4.74 Å². The van der Waals surface area contributed by atoms with E-state index in [0.717, 1.165) is 30.6 Å². The molecule has 2 heterocycles. The van der Waals surface area contributed by atoms with Crippen molar-refractivity contribution in [2.45, 2.75) is 64.5 Å². The summed E-state index contributed by atoms with van der Waals surface area (Å²) < 4.78 is 4.74. The molecule has 1 aliphatic heterocycles. The van der Waals surface area contributed by atoms with Gasteiger partial charge in [0, 0.05) is 30.7 Å². The van der Waals surface area contributed by atoms with Crippen LogP contribution in [-0.4, -0.2) is 47.7 Å². The number of hydrogen-bond donors (Lipinski definition) is 1. The van der Waals surface area contributed by atoms with Crippen molar-refractivity contribution in [3.63, 3.8) is 0 Å². The maximum Gasteiger partial charge on any atom is 0.348 e. The number of rotatable bonds is 9. The fraction of sp³-hybridized carbons (Fsp3) is 0.565. The van der Waals surface area contributed by atoms with Gasteiger partial charge < -0.3 is 14.7 Å². The van der Waals surface area contributed by atoms with Crippen molar-refractivity contribution in [3.8, 4) is 11.8 Å². The van der Waals surface area contributed by atoms with Crippen molar-refractivity contribution in [1.29, 1.82) is 0 Å². The number of methoxy groups -OCH3 is 1. The number of thiophene rings is 1. The Balaban J connectivity index is 1.85. The molecule has 5 nitrogen and oxygen atoms in total. The van der Waals surface area contributed by atoms with Crippen molar-refractivity contribution in [1.82, 2.24) is 4.90 Å². The van der Waals surface area contributed by atoms with Crippen LogP contribution >= 0.6 is 11.3 Å². The molecule has 0 bridgehead atoms. The summed E-state index contributed by atoms with van der Waals surface area (Å²) in [5.41, 5.74) is 0. The summed E-state index contributed by atoms with van der Waals surface area (Å²) in [7, 11) is 1.38. The first-order valence-corrected chi connectivity index (χ1v) is 11.1. The van der Waals surface area contributed by atoms with Gasteiger partial charge in [-0.1, -0.05) is 26.0 Å². The normalized spacial score (nSPS) is 18.6. The molecule has 0 radical (unpaired) electrons. The molecule has 1 aromatic heterocycles. The van der Waals surface area contributed by atoms with E-state index in [1.54, 1.807) is 6.07 Å². The summed E-state index contributed by atoms with van der Waals surface area (Å²) in [6.45, 7) is 4.67. The molecule has 1 aromatic rings. The van der Waals surface area contributed by atoms with Crippen LogP contribution < -0.4 is 0 Å². The van der Waals surface area contributed by atoms with Gasteiger partial charge in [0.1, 0.15) is 4.88 Å². The van der Waals surface area contributed by atoms with Crippen LogP contribution in [0.4, 0.5) is 0 Å². The molecule has 2 unspecified atom stereocenters. The number of ether oxygens (including phenoxy) is 1. The fourth-order valence-corrected chi connectivity index (χ4v) is 4.27. The highest BCUT2D eigenvalue weighted by molar-refractivity contribution is 7.13. The second-order valence-electron chi connectivity index (χ2n) is 7.32. The summed E-state index contributed by atoms with van der Waals surface area (Å²) >= 11 is 1.44. The number of carbonyl (C=O) groups is 2. The average molecular weight is 418 g/mol. The molecule has 2 rings (SSSR count). The van der Waals surface area contributed by atoms with Crippen LogP contribution in [0.25, 0.3) is 0 Å². The number of aliphatic hydroxyl groups is 1. The van der Waals surface area contributed by atoms with Gasteiger partial charge >= 0.3 is 5.97 Å². The van der Waals surface area contributed by atoms with Crippen LogP contribution in [0.3, 0.4) is 0 Å². The van der Waals surface area contributed by atoms with Crippen LogP contribution in [0.5, 0.6) is 0 Å². The van der Waals surface area contributed by atoms with E-state index >= 15 is 0 Å². The van der Waals surface area contributed by atoms with E-state index < -0.39 is 6.10 Å². The zero-order chi connectivity index (χ0) is 21.2. The number of hydrogen-bond acceptors (Lipinski definition) is 5. The van der Waals surface area contributed by atoms with Gasteiger partial charge in [-0.2, -0.15) is 0 Å². The number of aryl methyl sites for hydroxylation is 1. The maximum absolute atomic E-state index is 12.3. The van der Waals surface area contributed by atoms with Crippen LogP contribution in [0.15, 0.2) is 24.3 Å². The first-order chi connectivity index (χ1) is 14.0. The SMILES string of the molecule is CCC#CCC(C)C(O)/C=C/[C@H]1CCC(=O)N1CCCc1ccc(C(=O)OC)s1. The lowest BCUT2D eigenvalue weighted by Gasteiger charge is -2.23. The number of nitrogens with zero attached hydrogens (tertiary/aromatic N) is 1. The van der Waals surface area contributed by atoms with E-state index in [0.29, 0.717) is 24.3 Å². The third-order valence-corrected chi connectivity index (χ3v) is 6.21. The molecular weight excluding hydrogens is 386 g/mol. The minimum Gasteiger partial charge on any atom is -0.465 e. The zero-order valence-corrected chi connectivity index (χ0v) is 18.3. The van der Waals surface area contributed by atoms with Crippen molar-refractivity contribution >= 4 is 23.2 Å². The predicted molar refractivity (Wildman–Crippen MR) is 116 cm³/mol. The van der Waals surface area contributed by atoms with E-state index in [1.807, 2.05) is 37.0 Å². The van der Waals surface area contributed by atoms with Crippen LogP contribution in [-0.2, 0) is 16.0 Å². The molecule has 1 saturated heterocycles. The fourth-order valence-electron chi connectivity index (χ4n) is 3.30. The van der Waals surface area contributed by atoms with Gasteiger partial charge in [0.25, 0.3) is 0 Å². The first kappa shape index (κ1) is 23.2. The number of carbonyl (C=O) groups excluding carboxylic acids is 2. The lowest BCUT2D eigenvalue weighted by Crippen LogP contribution is -2.33. The van der Waals surface area contributed by atoms with Gasteiger partial charge in [0.2, 0.25) is 5.91 Å². The van der Waals surface area contributed by atoms with Crippen LogP contribution in [0.2, 0.25) is 0 Å². The van der Waals surface area contributed by atoms with Crippen molar-refractivity contribution in [3.05, 3.63) is 34.0 Å². The summed E-state index contributed by atoms with van der Waals surface area (Å²) in [6, 6.07) is 3.77. The Labute approximate surface area is 177 Å². The van der Waals surface area contributed by atoms with Crippen LogP contribution in [0.1, 0.15) is 60.5 Å². The smallest absolute Gasteiger partial charge is 0.348 e. The molecule has 3 atom stereocenters. The van der Waals surface area contributed by atoms with Crippen LogP contribution in [0, 0.1) is 17.8 Å². The summed E-state index contributed by atoms with van der Waals surface area (Å²) in [6.07, 6.45) is 7.72. The number of esters is 1. The molecule has 0 aliphatic carbocycles. The maximum atomic E-state index is 12.3. The average Bonchev–Trinajstić information content (AvgIpc) is 3.33. The van der Waals surface area contributed by atoms with Gasteiger partial charge in [-0.05, 0) is 37.3 Å². The highest BCUT2D eigenvalue weighted by Crippen LogP contribution is 2.23. The lowest BCUT2D eigenvalue weighted by molar-refractivity contribution is -0.128. The Morgan fingerprint density at radius 2 is 2.24 bits per heavy atom. The molecule has 0 aromatic carbocycles. The molecule has 158 valence electrons. The monoisotopic (exact) mass is 417 g/mol. The lowest BCUT2D eigenvalue weighted by atomic mass is 10.00. The summed E-state index contributed by atoms with van der Waals surface area (Å²) in [4.78, 5) is 27.4. The van der Waals surface area contributed by atoms with E-state index in [-0.39, 0.29) is 23.8 Å². The van der Waals surface area contributed by atoms with Crippen molar-refractivity contribution < 1.29 is 19.4 Å². The predicted octanol–water partition coefficient (Wildman–Crippen LogP) is 3.82. The van der Waals surface area contributed by atoms with Crippen molar-refractivity contribution in [2.24, 2.45) is 5.92 Å². The number of aliphatic hydroxyl groups excluding tert-OH is 1. The minimum atomic E-state index is -0.554. The Morgan fingerprint density at radius 3 is 2.97 bits per heavy atom. The largest absolute Gasteiger partial charge is 0.465 e. The van der Waals surface area contributed by atoms with E-state index in [2.05, 4.69) is 11.8 Å². The third-order valence-electron chi connectivity index (χ3n) is 5.08. The highest BCUT2D eigenvalue weighted by atomic mass is 32.1. The standard InChI is InChI=1S/C23H31NO4S/c1-4-5-6-8-17(2)20(25)13-10-18-11-15-22(26)24(18)16-7-9-19-12-14-21(29-19)23(27)28-3/h10,12-14,17-18,20,25H,4,7-9,11,15-16H2,1-3H3/b13-10+/t17?,18-,20?/m0/s1. The molecule has 0 saturated carbocycles. The molecule has 6 heteroatoms. The van der Waals surface area contributed by atoms with Gasteiger partial charge in [0.05, 0.1) is 19.3 Å². The van der Waals surface area contributed by atoms with Crippen molar-refractivity contribution in [2.75, 3.05) is 13.7 Å². The van der Waals surface area contributed by atoms with Gasteiger partial charge in [-0.15, -0.1) is 23.2 Å². The van der Waals surface area contributed by atoms with Gasteiger partial charge in [-0.3, -0.25) is 4.79 Å². The highest BCUT2D eigenvalue weighted by Gasteiger charge is 2.28. The quantitative estimate of drug-likeness (QED) is 0.377. The topological polar surface area (TPSA) is 66.8 Å². The van der Waals surface area contributed by atoms with Gasteiger partial charge in [-0.25, -0.2) is 4.79 Å². The summed E-state index contributed by atoms with van der Waals surface area (Å²) in [5, 5.41) is 10.3. The van der Waals surface area contributed by atoms with E-state index in [1.165, 1.54) is 18.4 Å². The Hall–Kier alpha value is -2.10. The van der Waals surface area contributed by atoms with E-state index in [9.17, 15) is 14.7 Å². The minimum absolute atomic E-state index is 0.0417. The molecule has 1 N–H and O–H groups in total. The number of likely N-dealkylation sites (tertiary alicyclic amines) is 1. The Bertz CT molecular complexity index is 773. The molecule has 1 amide bonds. The molecule has 29 heavy (non-hydrogen) atoms. The first-order valence-electron chi connectivity index (χ1n) is 10.2. The van der Waals surface area contributed by atoms with Gasteiger partial charge in [0.15, 0.2) is 0 Å².